The number of aliphatic carboxylic acids is 1. The molecule has 2 N–H and O–H groups in total. The summed E-state index contributed by atoms with van der Waals surface area (Å²) >= 11 is 0. The Hall–Kier alpha value is -1.10. The third-order valence-electron chi connectivity index (χ3n) is 2.66. The van der Waals surface area contributed by atoms with Gasteiger partial charge in [0.25, 0.3) is 0 Å². The Morgan fingerprint density at radius 3 is 2.47 bits per heavy atom. The van der Waals surface area contributed by atoms with Crippen molar-refractivity contribution in [3.05, 3.63) is 0 Å². The summed E-state index contributed by atoms with van der Waals surface area (Å²) < 4.78 is 0. The summed E-state index contributed by atoms with van der Waals surface area (Å²) in [5, 5.41) is 11.9. The van der Waals surface area contributed by atoms with Crippen LogP contribution in [0.3, 0.4) is 0 Å². The van der Waals surface area contributed by atoms with Crippen molar-refractivity contribution in [2.45, 2.75) is 32.2 Å². The smallest absolute Gasteiger partial charge is 0.394 e. The summed E-state index contributed by atoms with van der Waals surface area (Å²) in [7, 11) is 0. The molecule has 1 aliphatic heterocycles. The fourth-order valence-corrected chi connectivity index (χ4v) is 1.93. The highest BCUT2D eigenvalue weighted by Gasteiger charge is 2.28. The number of nitrogens with zero attached hydrogens (tertiary/aromatic N) is 1. The molecule has 0 saturated carbocycles. The van der Waals surface area contributed by atoms with E-state index in [2.05, 4.69) is 5.32 Å². The van der Waals surface area contributed by atoms with E-state index in [0.29, 0.717) is 6.54 Å². The first-order chi connectivity index (χ1) is 7.16. The van der Waals surface area contributed by atoms with Crippen LogP contribution >= 0.6 is 0 Å². The van der Waals surface area contributed by atoms with Gasteiger partial charge in [0, 0.05) is 12.6 Å². The van der Waals surface area contributed by atoms with Crippen LogP contribution in [0.25, 0.3) is 0 Å². The minimum Gasteiger partial charge on any atom is -0.474 e. The lowest BCUT2D eigenvalue weighted by atomic mass is 10.0. The molecular weight excluding hydrogens is 196 g/mol. The minimum absolute atomic E-state index is 0.0924. The van der Waals surface area contributed by atoms with Crippen LogP contribution in [0.5, 0.6) is 0 Å². The first-order valence-electron chi connectivity index (χ1n) is 5.41. The highest BCUT2D eigenvalue weighted by molar-refractivity contribution is 6.31. The fourth-order valence-electron chi connectivity index (χ4n) is 1.93. The third kappa shape index (κ3) is 3.20. The van der Waals surface area contributed by atoms with Gasteiger partial charge < -0.3 is 15.3 Å². The average Bonchev–Trinajstić information content (AvgIpc) is 2.26. The zero-order valence-electron chi connectivity index (χ0n) is 9.03. The van der Waals surface area contributed by atoms with E-state index in [-0.39, 0.29) is 6.04 Å². The van der Waals surface area contributed by atoms with Gasteiger partial charge in [-0.25, -0.2) is 4.79 Å². The van der Waals surface area contributed by atoms with Crippen molar-refractivity contribution in [2.75, 3.05) is 19.6 Å². The van der Waals surface area contributed by atoms with Gasteiger partial charge in [0.15, 0.2) is 0 Å². The number of hydrogen-bond donors (Lipinski definition) is 2. The molecule has 0 bridgehead atoms. The highest BCUT2D eigenvalue weighted by atomic mass is 16.4. The molecule has 0 aliphatic carbocycles. The fraction of sp³-hybridized carbons (Fsp3) is 0.800. The molecule has 0 atom stereocenters. The van der Waals surface area contributed by atoms with Crippen molar-refractivity contribution in [2.24, 2.45) is 0 Å². The van der Waals surface area contributed by atoms with Crippen molar-refractivity contribution in [1.29, 1.82) is 0 Å². The molecule has 1 heterocycles. The Labute approximate surface area is 89.4 Å². The molecule has 5 nitrogen and oxygen atoms in total. The summed E-state index contributed by atoms with van der Waals surface area (Å²) in [5.74, 6) is -2.11. The third-order valence-corrected chi connectivity index (χ3v) is 2.66. The molecule has 15 heavy (non-hydrogen) atoms. The van der Waals surface area contributed by atoms with E-state index in [1.807, 2.05) is 6.92 Å². The maximum Gasteiger partial charge on any atom is 0.394 e. The topological polar surface area (TPSA) is 69.6 Å². The van der Waals surface area contributed by atoms with Crippen LogP contribution in [0.2, 0.25) is 0 Å². The summed E-state index contributed by atoms with van der Waals surface area (Å²) in [6.07, 6.45) is 2.49. The van der Waals surface area contributed by atoms with Gasteiger partial charge >= 0.3 is 11.9 Å². The molecule has 1 amide bonds. The maximum absolute atomic E-state index is 11.4. The Morgan fingerprint density at radius 1 is 1.40 bits per heavy atom. The Kier molecular flexibility index (Phi) is 4.55. The van der Waals surface area contributed by atoms with Crippen LogP contribution < -0.4 is 5.32 Å². The molecular formula is C10H18N2O3. The highest BCUT2D eigenvalue weighted by Crippen LogP contribution is 2.12. The number of carbonyl (C=O) groups excluding carboxylic acids is 1. The van der Waals surface area contributed by atoms with Gasteiger partial charge in [-0.05, 0) is 32.4 Å². The van der Waals surface area contributed by atoms with Gasteiger partial charge in [0.1, 0.15) is 0 Å². The molecule has 0 radical (unpaired) electrons. The van der Waals surface area contributed by atoms with Gasteiger partial charge in [0.2, 0.25) is 0 Å². The van der Waals surface area contributed by atoms with E-state index in [4.69, 9.17) is 5.11 Å². The Bertz CT molecular complexity index is 237. The average molecular weight is 214 g/mol. The molecule has 5 heteroatoms. The van der Waals surface area contributed by atoms with E-state index < -0.39 is 11.9 Å². The van der Waals surface area contributed by atoms with Crippen molar-refractivity contribution in [3.63, 3.8) is 0 Å². The first-order valence-corrected chi connectivity index (χ1v) is 5.41. The van der Waals surface area contributed by atoms with E-state index in [1.165, 1.54) is 4.90 Å². The molecule has 86 valence electrons. The van der Waals surface area contributed by atoms with Gasteiger partial charge in [-0.1, -0.05) is 6.92 Å². The predicted molar refractivity (Wildman–Crippen MR) is 55.5 cm³/mol. The number of carboxylic acid groups (broad SMARTS) is 1. The van der Waals surface area contributed by atoms with Crippen LogP contribution in [0.15, 0.2) is 0 Å². The molecule has 0 spiro atoms. The van der Waals surface area contributed by atoms with Crippen molar-refractivity contribution in [1.82, 2.24) is 10.2 Å². The van der Waals surface area contributed by atoms with Crippen molar-refractivity contribution in [3.8, 4) is 0 Å². The molecule has 0 aromatic heterocycles. The quantitative estimate of drug-likeness (QED) is 0.652. The van der Waals surface area contributed by atoms with Crippen LogP contribution in [0, 0.1) is 0 Å². The predicted octanol–water partition coefficient (Wildman–Crippen LogP) is 0.0616. The largest absolute Gasteiger partial charge is 0.474 e. The van der Waals surface area contributed by atoms with Crippen LogP contribution in [0.1, 0.15) is 26.2 Å². The normalized spacial score (nSPS) is 17.4. The van der Waals surface area contributed by atoms with E-state index >= 15 is 0 Å². The molecule has 0 aromatic rings. The van der Waals surface area contributed by atoms with E-state index in [9.17, 15) is 9.59 Å². The summed E-state index contributed by atoms with van der Waals surface area (Å²) in [4.78, 5) is 23.6. The minimum atomic E-state index is -1.35. The number of hydrogen-bond acceptors (Lipinski definition) is 3. The van der Waals surface area contributed by atoms with Crippen molar-refractivity contribution >= 4 is 11.9 Å². The van der Waals surface area contributed by atoms with Crippen LogP contribution in [-0.4, -0.2) is 47.6 Å². The standard InChI is InChI=1S/C10H18N2O3/c1-2-7-12(9(13)10(14)15)8-3-5-11-6-4-8/h8,11H,2-7H2,1H3,(H,14,15). The second-order valence-electron chi connectivity index (χ2n) is 3.78. The second kappa shape index (κ2) is 5.70. The number of piperidine rings is 1. The van der Waals surface area contributed by atoms with E-state index in [0.717, 1.165) is 32.4 Å². The molecule has 0 aromatic carbocycles. The zero-order chi connectivity index (χ0) is 11.3. The first kappa shape index (κ1) is 12.0. The van der Waals surface area contributed by atoms with E-state index in [1.54, 1.807) is 0 Å². The summed E-state index contributed by atoms with van der Waals surface area (Å²) in [5.41, 5.74) is 0. The maximum atomic E-state index is 11.4. The summed E-state index contributed by atoms with van der Waals surface area (Å²) in [6.45, 7) is 4.20. The van der Waals surface area contributed by atoms with Gasteiger partial charge in [-0.15, -0.1) is 0 Å². The Morgan fingerprint density at radius 2 is 2.00 bits per heavy atom. The van der Waals surface area contributed by atoms with Crippen LogP contribution in [-0.2, 0) is 9.59 Å². The monoisotopic (exact) mass is 214 g/mol. The molecule has 1 rings (SSSR count). The Balaban J connectivity index is 2.62. The lowest BCUT2D eigenvalue weighted by molar-refractivity contribution is -0.157. The van der Waals surface area contributed by atoms with Gasteiger partial charge in [-0.3, -0.25) is 4.79 Å². The second-order valence-corrected chi connectivity index (χ2v) is 3.78. The van der Waals surface area contributed by atoms with Gasteiger partial charge in [-0.2, -0.15) is 0 Å². The SMILES string of the molecule is CCCN(C(=O)C(=O)O)C1CCNCC1. The van der Waals surface area contributed by atoms with Gasteiger partial charge in [0.05, 0.1) is 0 Å². The molecule has 1 fully saturated rings. The van der Waals surface area contributed by atoms with Crippen molar-refractivity contribution < 1.29 is 14.7 Å². The number of carbonyl (C=O) groups is 2. The number of rotatable bonds is 3. The van der Waals surface area contributed by atoms with Crippen LogP contribution in [0.4, 0.5) is 0 Å². The zero-order valence-corrected chi connectivity index (χ0v) is 9.03. The molecule has 1 aliphatic rings. The number of nitrogens with one attached hydrogen (secondary N) is 1. The molecule has 0 unspecified atom stereocenters. The molecule has 1 saturated heterocycles. The number of carboxylic acids is 1. The lowest BCUT2D eigenvalue weighted by Crippen LogP contribution is -2.48. The lowest BCUT2D eigenvalue weighted by Gasteiger charge is -2.33. The number of amides is 1. The summed E-state index contributed by atoms with van der Waals surface area (Å²) in [6, 6.07) is 0.0924.